The number of carbonyl (C=O) groups is 5. The molecule has 3 aromatic carbocycles. The number of carbonyl (C=O) groups excluding carboxylic acids is 5. The van der Waals surface area contributed by atoms with Gasteiger partial charge in [-0.05, 0) is 61.1 Å². The monoisotopic (exact) mass is 613 g/mol. The number of amides is 2. The number of rotatable bonds is 13. The zero-order valence-electron chi connectivity index (χ0n) is 24.5. The van der Waals surface area contributed by atoms with E-state index in [1.807, 2.05) is 24.3 Å². The molecule has 1 aromatic heterocycles. The van der Waals surface area contributed by atoms with Crippen LogP contribution in [0.25, 0.3) is 10.9 Å². The van der Waals surface area contributed by atoms with Crippen LogP contribution in [0.5, 0.6) is 0 Å². The lowest BCUT2D eigenvalue weighted by atomic mass is 9.90. The van der Waals surface area contributed by atoms with Gasteiger partial charge in [-0.25, -0.2) is 8.78 Å². The Morgan fingerprint density at radius 3 is 2.36 bits per heavy atom. The maximum Gasteiger partial charge on any atom is 0.289 e. The third-order valence-electron chi connectivity index (χ3n) is 8.20. The predicted molar refractivity (Wildman–Crippen MR) is 163 cm³/mol. The van der Waals surface area contributed by atoms with E-state index in [4.69, 9.17) is 0 Å². The molecule has 45 heavy (non-hydrogen) atoms. The summed E-state index contributed by atoms with van der Waals surface area (Å²) in [7, 11) is 0. The number of aromatic nitrogens is 1. The lowest BCUT2D eigenvalue weighted by Gasteiger charge is -2.23. The number of fused-ring (bicyclic) bond motifs is 1. The van der Waals surface area contributed by atoms with Crippen LogP contribution in [0.2, 0.25) is 0 Å². The largest absolute Gasteiger partial charge is 0.352 e. The summed E-state index contributed by atoms with van der Waals surface area (Å²) in [6.45, 7) is 0.0895. The summed E-state index contributed by atoms with van der Waals surface area (Å²) in [5.41, 5.74) is 2.04. The second-order valence-electron chi connectivity index (χ2n) is 11.4. The summed E-state index contributed by atoms with van der Waals surface area (Å²) >= 11 is 0. The van der Waals surface area contributed by atoms with Crippen molar-refractivity contribution in [1.82, 2.24) is 15.6 Å². The number of Topliss-reactive ketones (excluding diaryl/α,β-unsaturated/α-hetero) is 3. The molecule has 4 aromatic rings. The minimum Gasteiger partial charge on any atom is -0.352 e. The van der Waals surface area contributed by atoms with Gasteiger partial charge in [0.2, 0.25) is 11.7 Å². The molecule has 3 atom stereocenters. The second-order valence-corrected chi connectivity index (χ2v) is 11.4. The van der Waals surface area contributed by atoms with Gasteiger partial charge in [0.1, 0.15) is 5.78 Å². The molecular formula is C35H33F2N3O5. The van der Waals surface area contributed by atoms with Gasteiger partial charge in [-0.3, -0.25) is 24.0 Å². The first-order valence-electron chi connectivity index (χ1n) is 14.9. The topological polar surface area (TPSA) is 125 Å². The van der Waals surface area contributed by atoms with E-state index in [0.29, 0.717) is 19.3 Å². The van der Waals surface area contributed by atoms with E-state index in [2.05, 4.69) is 15.6 Å². The maximum absolute atomic E-state index is 14.1. The number of H-pyrrole nitrogens is 1. The third-order valence-corrected chi connectivity index (χ3v) is 8.20. The molecule has 0 radical (unpaired) electrons. The van der Waals surface area contributed by atoms with Crippen molar-refractivity contribution in [3.8, 4) is 0 Å². The molecule has 1 aliphatic rings. The molecule has 0 bridgehead atoms. The van der Waals surface area contributed by atoms with Crippen LogP contribution >= 0.6 is 0 Å². The van der Waals surface area contributed by atoms with Crippen LogP contribution in [-0.2, 0) is 32.1 Å². The van der Waals surface area contributed by atoms with E-state index in [1.165, 1.54) is 6.07 Å². The van der Waals surface area contributed by atoms with Crippen molar-refractivity contribution < 1.29 is 32.8 Å². The van der Waals surface area contributed by atoms with E-state index in [9.17, 15) is 32.8 Å². The van der Waals surface area contributed by atoms with E-state index in [1.54, 1.807) is 36.4 Å². The normalized spacial score (nSPS) is 15.9. The van der Waals surface area contributed by atoms with Gasteiger partial charge in [-0.2, -0.15) is 0 Å². The summed E-state index contributed by atoms with van der Waals surface area (Å²) in [5.74, 6) is -6.74. The van der Waals surface area contributed by atoms with Crippen molar-refractivity contribution in [2.45, 2.75) is 51.1 Å². The Hall–Kier alpha value is -4.99. The molecule has 1 heterocycles. The number of hydrogen-bond donors (Lipinski definition) is 3. The number of benzene rings is 3. The quantitative estimate of drug-likeness (QED) is 0.145. The maximum atomic E-state index is 14.1. The second kappa shape index (κ2) is 14.2. The Balaban J connectivity index is 1.37. The Bertz CT molecular complexity index is 1700. The highest BCUT2D eigenvalue weighted by molar-refractivity contribution is 6.38. The van der Waals surface area contributed by atoms with Crippen molar-refractivity contribution in [3.05, 3.63) is 107 Å². The third kappa shape index (κ3) is 7.94. The van der Waals surface area contributed by atoms with Gasteiger partial charge in [-0.1, -0.05) is 54.6 Å². The minimum absolute atomic E-state index is 0.0425. The molecule has 10 heteroatoms. The number of aromatic amines is 1. The van der Waals surface area contributed by atoms with Gasteiger partial charge in [0.25, 0.3) is 5.91 Å². The fourth-order valence-electron chi connectivity index (χ4n) is 5.73. The molecule has 1 fully saturated rings. The molecule has 5 rings (SSSR count). The lowest BCUT2D eigenvalue weighted by molar-refractivity contribution is -0.141. The smallest absolute Gasteiger partial charge is 0.289 e. The molecule has 1 aliphatic carbocycles. The first kappa shape index (κ1) is 31.4. The fraction of sp³-hybridized carbons (Fsp3) is 0.286. The van der Waals surface area contributed by atoms with Crippen molar-refractivity contribution >= 4 is 40.1 Å². The molecule has 0 unspecified atom stereocenters. The van der Waals surface area contributed by atoms with Crippen LogP contribution in [0.3, 0.4) is 0 Å². The van der Waals surface area contributed by atoms with E-state index in [-0.39, 0.29) is 42.8 Å². The number of nitrogens with one attached hydrogen (secondary N) is 3. The predicted octanol–water partition coefficient (Wildman–Crippen LogP) is 5.01. The Morgan fingerprint density at radius 1 is 0.889 bits per heavy atom. The Morgan fingerprint density at radius 2 is 1.64 bits per heavy atom. The highest BCUT2D eigenvalue weighted by Gasteiger charge is 2.35. The van der Waals surface area contributed by atoms with Gasteiger partial charge >= 0.3 is 0 Å². The van der Waals surface area contributed by atoms with Crippen LogP contribution < -0.4 is 10.6 Å². The fourth-order valence-corrected chi connectivity index (χ4v) is 5.73. The van der Waals surface area contributed by atoms with E-state index in [0.717, 1.165) is 28.6 Å². The van der Waals surface area contributed by atoms with Crippen molar-refractivity contribution in [2.75, 3.05) is 0 Å². The van der Waals surface area contributed by atoms with E-state index >= 15 is 0 Å². The molecular weight excluding hydrogens is 580 g/mol. The number of hydrogen-bond acceptors (Lipinski definition) is 5. The zero-order chi connectivity index (χ0) is 31.9. The van der Waals surface area contributed by atoms with Gasteiger partial charge in [-0.15, -0.1) is 0 Å². The van der Waals surface area contributed by atoms with Crippen molar-refractivity contribution in [3.63, 3.8) is 0 Å². The molecule has 0 saturated heterocycles. The average molecular weight is 614 g/mol. The Labute approximate surface area is 258 Å². The first-order chi connectivity index (χ1) is 21.7. The molecule has 0 spiro atoms. The van der Waals surface area contributed by atoms with Crippen LogP contribution in [-0.4, -0.2) is 40.2 Å². The summed E-state index contributed by atoms with van der Waals surface area (Å²) < 4.78 is 27.7. The number of ketones is 3. The van der Waals surface area contributed by atoms with Crippen molar-refractivity contribution in [2.24, 2.45) is 11.8 Å². The molecule has 3 N–H and O–H groups in total. The van der Waals surface area contributed by atoms with Gasteiger partial charge in [0.15, 0.2) is 17.4 Å². The van der Waals surface area contributed by atoms with E-state index < -0.39 is 52.9 Å². The Kier molecular flexibility index (Phi) is 9.92. The zero-order valence-corrected chi connectivity index (χ0v) is 24.5. The standard InChI is InChI=1S/C35H33F2N3O5/c36-26-14-13-22(16-27(26)37)15-25(19-32(42)29-17-23-9-4-5-11-28(23)39-29)34(44)40-30(18-24-10-6-12-31(24)41)33(43)35(45)38-20-21-7-2-1-3-8-21/h1-5,7-9,11,13-14,16-17,24-25,30,39H,6,10,12,15,18-20H2,(H,38,45)(H,40,44)/t24-,25+,30-/m0/s1. The molecule has 0 aliphatic heterocycles. The van der Waals surface area contributed by atoms with Crippen LogP contribution in [0.15, 0.2) is 78.9 Å². The lowest BCUT2D eigenvalue weighted by Crippen LogP contribution is -2.50. The van der Waals surface area contributed by atoms with Gasteiger partial charge < -0.3 is 15.6 Å². The van der Waals surface area contributed by atoms with Crippen LogP contribution in [0.4, 0.5) is 8.78 Å². The first-order valence-corrected chi connectivity index (χ1v) is 14.9. The van der Waals surface area contributed by atoms with Crippen LogP contribution in [0.1, 0.15) is 53.7 Å². The SMILES string of the molecule is O=C(NCc1ccccc1)C(=O)[C@H](C[C@@H]1CCCC1=O)NC(=O)[C@@H](CC(=O)c1cc2ccccc2[nH]1)Cc1ccc(F)c(F)c1. The van der Waals surface area contributed by atoms with Gasteiger partial charge in [0, 0.05) is 42.1 Å². The number of para-hydroxylation sites is 1. The summed E-state index contributed by atoms with van der Waals surface area (Å²) in [4.78, 5) is 69.0. The average Bonchev–Trinajstić information content (AvgIpc) is 3.67. The molecule has 232 valence electrons. The molecule has 1 saturated carbocycles. The highest BCUT2D eigenvalue weighted by Crippen LogP contribution is 2.27. The minimum atomic E-state index is -1.32. The summed E-state index contributed by atoms with van der Waals surface area (Å²) in [5, 5.41) is 6.02. The van der Waals surface area contributed by atoms with Crippen molar-refractivity contribution in [1.29, 1.82) is 0 Å². The highest BCUT2D eigenvalue weighted by atomic mass is 19.2. The summed E-state index contributed by atoms with van der Waals surface area (Å²) in [6.07, 6.45) is 1.02. The van der Waals surface area contributed by atoms with Gasteiger partial charge in [0.05, 0.1) is 11.7 Å². The molecule has 2 amide bonds. The molecule has 8 nitrogen and oxygen atoms in total. The number of halogens is 2. The van der Waals surface area contributed by atoms with Crippen LogP contribution in [0, 0.1) is 23.5 Å². The summed E-state index contributed by atoms with van der Waals surface area (Å²) in [6, 6.07) is 19.8.